The topological polar surface area (TPSA) is 61.8 Å². The molecule has 3 saturated carbocycles. The van der Waals surface area contributed by atoms with Crippen LogP contribution in [-0.2, 0) is 23.8 Å². The van der Waals surface area contributed by atoms with Crippen LogP contribution in [0, 0.1) is 34.5 Å². The fourth-order valence-corrected chi connectivity index (χ4v) is 7.23. The van der Waals surface area contributed by atoms with Gasteiger partial charge in [-0.2, -0.15) is 0 Å². The molecule has 0 spiro atoms. The Hall–Kier alpha value is -1.10. The lowest BCUT2D eigenvalue weighted by Gasteiger charge is -2.59. The quantitative estimate of drug-likeness (QED) is 0.682. The Morgan fingerprint density at radius 3 is 2.76 bits per heavy atom. The molecule has 2 aliphatic heterocycles. The molecule has 5 aliphatic rings. The van der Waals surface area contributed by atoms with E-state index in [1.54, 1.807) is 0 Å². The van der Waals surface area contributed by atoms with Gasteiger partial charge in [0, 0.05) is 12.8 Å². The van der Waals surface area contributed by atoms with Crippen LogP contribution in [0.1, 0.15) is 59.3 Å². The molecule has 0 radical (unpaired) electrons. The number of carbonyl (C=O) groups excluding carboxylic acids is 2. The van der Waals surface area contributed by atoms with Gasteiger partial charge < -0.3 is 14.2 Å². The molecule has 0 bridgehead atoms. The van der Waals surface area contributed by atoms with Crippen LogP contribution in [0.5, 0.6) is 0 Å². The van der Waals surface area contributed by atoms with Crippen molar-refractivity contribution >= 4 is 11.9 Å². The van der Waals surface area contributed by atoms with E-state index in [2.05, 4.69) is 13.8 Å². The Labute approximate surface area is 148 Å². The summed E-state index contributed by atoms with van der Waals surface area (Å²) in [5.41, 5.74) is -0.0816. The summed E-state index contributed by atoms with van der Waals surface area (Å²) in [6.07, 6.45) is 5.95. The predicted octanol–water partition coefficient (Wildman–Crippen LogP) is 3.06. The summed E-state index contributed by atoms with van der Waals surface area (Å²) < 4.78 is 17.4. The van der Waals surface area contributed by atoms with Gasteiger partial charge in [0.05, 0.1) is 11.5 Å². The second-order valence-corrected chi connectivity index (χ2v) is 9.56. The lowest BCUT2D eigenvalue weighted by atomic mass is 9.45. The number of esters is 2. The average Bonchev–Trinajstić information content (AvgIpc) is 3.01. The van der Waals surface area contributed by atoms with Gasteiger partial charge in [-0.25, -0.2) is 0 Å². The van der Waals surface area contributed by atoms with Crippen LogP contribution in [0.15, 0.2) is 0 Å². The molecule has 3 aliphatic carbocycles. The van der Waals surface area contributed by atoms with E-state index in [0.29, 0.717) is 17.8 Å². The van der Waals surface area contributed by atoms with Crippen LogP contribution in [0.4, 0.5) is 0 Å². The molecule has 25 heavy (non-hydrogen) atoms. The van der Waals surface area contributed by atoms with Crippen LogP contribution in [-0.4, -0.2) is 30.4 Å². The highest BCUT2D eigenvalue weighted by Gasteiger charge is 2.71. The summed E-state index contributed by atoms with van der Waals surface area (Å²) in [6, 6.07) is 0. The zero-order valence-electron chi connectivity index (χ0n) is 15.3. The molecule has 0 N–H and O–H groups in total. The normalized spacial score (nSPS) is 56.0. The number of carbonyl (C=O) groups is 2. The minimum Gasteiger partial charge on any atom is -0.463 e. The fraction of sp³-hybridized carbons (Fsp3) is 0.900. The van der Waals surface area contributed by atoms with Gasteiger partial charge in [0.15, 0.2) is 0 Å². The molecule has 0 aromatic carbocycles. The molecular formula is C20H28O5. The predicted molar refractivity (Wildman–Crippen MR) is 88.2 cm³/mol. The first-order chi connectivity index (χ1) is 11.8. The van der Waals surface area contributed by atoms with Crippen molar-refractivity contribution in [2.24, 2.45) is 34.5 Å². The Morgan fingerprint density at radius 2 is 2.00 bits per heavy atom. The third kappa shape index (κ3) is 1.99. The van der Waals surface area contributed by atoms with E-state index < -0.39 is 0 Å². The number of rotatable bonds is 1. The molecule has 9 atom stereocenters. The van der Waals surface area contributed by atoms with Crippen LogP contribution >= 0.6 is 0 Å². The van der Waals surface area contributed by atoms with Gasteiger partial charge in [0.2, 0.25) is 6.29 Å². The second-order valence-electron chi connectivity index (χ2n) is 9.56. The molecule has 5 heteroatoms. The van der Waals surface area contributed by atoms with Gasteiger partial charge in [0.1, 0.15) is 6.10 Å². The summed E-state index contributed by atoms with van der Waals surface area (Å²) in [4.78, 5) is 23.8. The molecule has 0 aromatic rings. The third-order valence-electron chi connectivity index (χ3n) is 8.49. The van der Waals surface area contributed by atoms with Crippen LogP contribution in [0.3, 0.4) is 0 Å². The first kappa shape index (κ1) is 16.1. The van der Waals surface area contributed by atoms with Gasteiger partial charge in [0.25, 0.3) is 0 Å². The van der Waals surface area contributed by atoms with Crippen LogP contribution in [0.2, 0.25) is 0 Å². The maximum atomic E-state index is 12.4. The monoisotopic (exact) mass is 348 g/mol. The Bertz CT molecular complexity index is 632. The molecule has 5 fully saturated rings. The average molecular weight is 348 g/mol. The molecule has 2 saturated heterocycles. The molecular weight excluding hydrogens is 320 g/mol. The van der Waals surface area contributed by atoms with E-state index in [1.165, 1.54) is 6.92 Å². The number of ether oxygens (including phenoxy) is 3. The van der Waals surface area contributed by atoms with Crippen molar-refractivity contribution in [1.29, 1.82) is 0 Å². The van der Waals surface area contributed by atoms with Gasteiger partial charge in [-0.3, -0.25) is 9.59 Å². The first-order valence-corrected chi connectivity index (χ1v) is 9.87. The zero-order chi connectivity index (χ0) is 17.6. The maximum absolute atomic E-state index is 12.4. The van der Waals surface area contributed by atoms with E-state index >= 15 is 0 Å². The smallest absolute Gasteiger partial charge is 0.314 e. The molecule has 0 amide bonds. The molecule has 2 heterocycles. The minimum absolute atomic E-state index is 0.0507. The molecule has 0 aromatic heterocycles. The van der Waals surface area contributed by atoms with Crippen molar-refractivity contribution in [2.45, 2.75) is 77.8 Å². The van der Waals surface area contributed by atoms with E-state index in [4.69, 9.17) is 14.2 Å². The third-order valence-corrected chi connectivity index (χ3v) is 8.49. The molecule has 2 unspecified atom stereocenters. The summed E-state index contributed by atoms with van der Waals surface area (Å²) in [5.74, 6) is 1.57. The Kier molecular flexibility index (Phi) is 3.22. The van der Waals surface area contributed by atoms with E-state index in [0.717, 1.165) is 38.5 Å². The number of hydrogen-bond donors (Lipinski definition) is 0. The van der Waals surface area contributed by atoms with Gasteiger partial charge in [-0.05, 0) is 68.6 Å². The fourth-order valence-electron chi connectivity index (χ4n) is 7.23. The molecule has 138 valence electrons. The lowest BCUT2D eigenvalue weighted by Crippen LogP contribution is -2.57. The molecule has 5 nitrogen and oxygen atoms in total. The molecule has 5 rings (SSSR count). The second kappa shape index (κ2) is 4.99. The van der Waals surface area contributed by atoms with Crippen molar-refractivity contribution in [3.63, 3.8) is 0 Å². The van der Waals surface area contributed by atoms with E-state index in [-0.39, 0.29) is 47.2 Å². The highest BCUT2D eigenvalue weighted by Crippen LogP contribution is 2.68. The zero-order valence-corrected chi connectivity index (χ0v) is 15.3. The van der Waals surface area contributed by atoms with Crippen molar-refractivity contribution < 1.29 is 23.8 Å². The van der Waals surface area contributed by atoms with Gasteiger partial charge in [-0.1, -0.05) is 6.92 Å². The van der Waals surface area contributed by atoms with Gasteiger partial charge in [-0.15, -0.1) is 0 Å². The minimum atomic E-state index is -0.348. The number of hydrogen-bond acceptors (Lipinski definition) is 5. The van der Waals surface area contributed by atoms with Crippen molar-refractivity contribution in [1.82, 2.24) is 0 Å². The van der Waals surface area contributed by atoms with E-state index in [9.17, 15) is 9.59 Å². The standard InChI is InChI=1S/C20H28O5/c1-10(21)23-12-4-6-19(2)11(8-12)9-14-15-13(19)5-7-20(3)16(15)17(24-14)25-18(20)22/h11-17H,4-9H2,1-3H3/t11-,12+,13-,14-,15?,16?,17+,19-,20-/m0/s1. The summed E-state index contributed by atoms with van der Waals surface area (Å²) >= 11 is 0. The van der Waals surface area contributed by atoms with Crippen LogP contribution < -0.4 is 0 Å². The van der Waals surface area contributed by atoms with E-state index in [1.807, 2.05) is 0 Å². The number of fused-ring (bicyclic) bond motifs is 2. The first-order valence-electron chi connectivity index (χ1n) is 9.87. The van der Waals surface area contributed by atoms with Crippen LogP contribution in [0.25, 0.3) is 0 Å². The Morgan fingerprint density at radius 1 is 1.20 bits per heavy atom. The highest BCUT2D eigenvalue weighted by atomic mass is 16.7. The highest BCUT2D eigenvalue weighted by molar-refractivity contribution is 5.79. The largest absolute Gasteiger partial charge is 0.463 e. The Balaban J connectivity index is 1.45. The van der Waals surface area contributed by atoms with Crippen molar-refractivity contribution in [2.75, 3.05) is 0 Å². The van der Waals surface area contributed by atoms with Crippen molar-refractivity contribution in [3.8, 4) is 0 Å². The summed E-state index contributed by atoms with van der Waals surface area (Å²) in [6.45, 7) is 6.03. The van der Waals surface area contributed by atoms with Crippen molar-refractivity contribution in [3.05, 3.63) is 0 Å². The van der Waals surface area contributed by atoms with Gasteiger partial charge >= 0.3 is 11.9 Å². The maximum Gasteiger partial charge on any atom is 0.314 e. The SMILES string of the molecule is CC(=O)O[C@@H]1CC[C@@]2(C)[C@@H](C1)C[C@@H]1O[C@@H]3OC(=O)[C@@]4(C)CC[C@H]2C1C34. The summed E-state index contributed by atoms with van der Waals surface area (Å²) in [7, 11) is 0. The lowest BCUT2D eigenvalue weighted by molar-refractivity contribution is -0.184. The summed E-state index contributed by atoms with van der Waals surface area (Å²) in [5, 5.41) is 0.